The molecule has 2 fully saturated rings. The number of nitrogens with two attached hydrogens (primary N) is 1. The number of anilines is 1. The molecule has 10 heteroatoms. The van der Waals surface area contributed by atoms with E-state index < -0.39 is 0 Å². The second-order valence-corrected chi connectivity index (χ2v) is 9.46. The molecule has 0 aliphatic carbocycles. The first kappa shape index (κ1) is 24.1. The van der Waals surface area contributed by atoms with Crippen LogP contribution >= 0.6 is 0 Å². The van der Waals surface area contributed by atoms with Crippen LogP contribution in [-0.2, 0) is 9.53 Å². The third kappa shape index (κ3) is 4.96. The van der Waals surface area contributed by atoms with Gasteiger partial charge in [0.05, 0.1) is 30.7 Å². The average Bonchev–Trinajstić information content (AvgIpc) is 3.55. The Labute approximate surface area is 220 Å². The van der Waals surface area contributed by atoms with Crippen molar-refractivity contribution in [2.24, 2.45) is 0 Å². The molecule has 3 N–H and O–H groups in total. The molecule has 10 nitrogen and oxygen atoms in total. The number of nitrogens with zero attached hydrogens (tertiary/aromatic N) is 5. The molecule has 2 aromatic carbocycles. The lowest BCUT2D eigenvalue weighted by molar-refractivity contribution is -0.125. The van der Waals surface area contributed by atoms with Gasteiger partial charge >= 0.3 is 0 Å². The van der Waals surface area contributed by atoms with Crippen molar-refractivity contribution >= 4 is 22.8 Å². The molecule has 2 saturated heterocycles. The Bertz CT molecular complexity index is 1450. The standard InChI is InChI=1S/C28H29N7O3/c29-27-25-26(19-8-10-23(11-9-19)38-22-5-2-1-3-6-22)33-35(28(25)32-18-31-27)21-12-14-34(15-21)24(36)7-4-13-30-20-16-37-17-20/h1-11,18,20-21,30H,12-17H2,(H2,29,31,32). The molecule has 2 aliphatic heterocycles. The van der Waals surface area contributed by atoms with Crippen LogP contribution in [0.4, 0.5) is 5.82 Å². The molecule has 0 spiro atoms. The van der Waals surface area contributed by atoms with Gasteiger partial charge in [-0.1, -0.05) is 24.3 Å². The van der Waals surface area contributed by atoms with Crippen molar-refractivity contribution in [1.29, 1.82) is 0 Å². The van der Waals surface area contributed by atoms with Gasteiger partial charge < -0.3 is 25.4 Å². The average molecular weight is 512 g/mol. The molecule has 1 amide bonds. The number of carbonyl (C=O) groups is 1. The fourth-order valence-electron chi connectivity index (χ4n) is 4.75. The van der Waals surface area contributed by atoms with Gasteiger partial charge in [0.2, 0.25) is 5.91 Å². The Hall–Kier alpha value is -4.28. The number of hydrogen-bond acceptors (Lipinski definition) is 8. The molecular weight excluding hydrogens is 482 g/mol. The lowest BCUT2D eigenvalue weighted by Gasteiger charge is -2.26. The Balaban J connectivity index is 1.20. The lowest BCUT2D eigenvalue weighted by Crippen LogP contribution is -2.45. The Morgan fingerprint density at radius 3 is 2.66 bits per heavy atom. The Morgan fingerprint density at radius 1 is 1.11 bits per heavy atom. The van der Waals surface area contributed by atoms with Crippen LogP contribution in [0.1, 0.15) is 12.5 Å². The minimum absolute atomic E-state index is 0.000936. The normalized spacial score (nSPS) is 17.8. The molecule has 2 aromatic heterocycles. The summed E-state index contributed by atoms with van der Waals surface area (Å²) in [5, 5.41) is 8.97. The van der Waals surface area contributed by atoms with Gasteiger partial charge in [-0.05, 0) is 42.8 Å². The van der Waals surface area contributed by atoms with Gasteiger partial charge in [0.15, 0.2) is 5.65 Å². The minimum Gasteiger partial charge on any atom is -0.457 e. The van der Waals surface area contributed by atoms with Crippen LogP contribution in [0.5, 0.6) is 11.5 Å². The van der Waals surface area contributed by atoms with Crippen LogP contribution in [0.15, 0.2) is 73.1 Å². The highest BCUT2D eigenvalue weighted by molar-refractivity contribution is 5.98. The van der Waals surface area contributed by atoms with Gasteiger partial charge in [0, 0.05) is 31.3 Å². The van der Waals surface area contributed by atoms with Crippen LogP contribution in [0.2, 0.25) is 0 Å². The van der Waals surface area contributed by atoms with Crippen molar-refractivity contribution in [2.45, 2.75) is 18.5 Å². The fraction of sp³-hybridized carbons (Fsp3) is 0.286. The van der Waals surface area contributed by atoms with E-state index in [0.29, 0.717) is 48.2 Å². The van der Waals surface area contributed by atoms with E-state index in [1.54, 1.807) is 6.08 Å². The molecule has 1 unspecified atom stereocenters. The quantitative estimate of drug-likeness (QED) is 0.346. The number of nitrogen functional groups attached to an aromatic ring is 1. The number of nitrogens with one attached hydrogen (secondary N) is 1. The van der Waals surface area contributed by atoms with E-state index in [-0.39, 0.29) is 11.9 Å². The molecule has 0 radical (unpaired) electrons. The number of benzene rings is 2. The highest BCUT2D eigenvalue weighted by atomic mass is 16.5. The summed E-state index contributed by atoms with van der Waals surface area (Å²) in [5.74, 6) is 1.87. The van der Waals surface area contributed by atoms with Crippen molar-refractivity contribution in [3.8, 4) is 22.8 Å². The first-order valence-electron chi connectivity index (χ1n) is 12.7. The number of fused-ring (bicyclic) bond motifs is 1. The molecule has 194 valence electrons. The van der Waals surface area contributed by atoms with Crippen LogP contribution in [0.25, 0.3) is 22.3 Å². The van der Waals surface area contributed by atoms with Gasteiger partial charge in [0.25, 0.3) is 0 Å². The number of hydrogen-bond donors (Lipinski definition) is 2. The summed E-state index contributed by atoms with van der Waals surface area (Å²) in [7, 11) is 0. The van der Waals surface area contributed by atoms with Crippen molar-refractivity contribution in [1.82, 2.24) is 30.0 Å². The second-order valence-electron chi connectivity index (χ2n) is 9.46. The Kier molecular flexibility index (Phi) is 6.72. The fourth-order valence-corrected chi connectivity index (χ4v) is 4.75. The maximum absolute atomic E-state index is 12.8. The van der Waals surface area contributed by atoms with Crippen molar-refractivity contribution < 1.29 is 14.3 Å². The molecule has 38 heavy (non-hydrogen) atoms. The van der Waals surface area contributed by atoms with Crippen LogP contribution < -0.4 is 15.8 Å². The summed E-state index contributed by atoms with van der Waals surface area (Å²) in [6.45, 7) is 3.32. The smallest absolute Gasteiger partial charge is 0.246 e. The predicted octanol–water partition coefficient (Wildman–Crippen LogP) is 3.19. The second kappa shape index (κ2) is 10.6. The molecule has 2 aliphatic rings. The van der Waals surface area contributed by atoms with Crippen LogP contribution in [0.3, 0.4) is 0 Å². The molecular formula is C28H29N7O3. The molecule has 0 bridgehead atoms. The van der Waals surface area contributed by atoms with E-state index in [9.17, 15) is 4.79 Å². The number of para-hydroxylation sites is 1. The summed E-state index contributed by atoms with van der Waals surface area (Å²) in [4.78, 5) is 23.3. The number of ether oxygens (including phenoxy) is 2. The maximum Gasteiger partial charge on any atom is 0.246 e. The van der Waals surface area contributed by atoms with Crippen LogP contribution in [-0.4, -0.2) is 69.4 Å². The number of carbonyl (C=O) groups excluding carboxylic acids is 1. The number of amides is 1. The van der Waals surface area contributed by atoms with Crippen molar-refractivity contribution in [2.75, 3.05) is 38.6 Å². The summed E-state index contributed by atoms with van der Waals surface area (Å²) in [6.07, 6.45) is 5.74. The third-order valence-electron chi connectivity index (χ3n) is 6.87. The van der Waals surface area contributed by atoms with Gasteiger partial charge in [0.1, 0.15) is 29.3 Å². The highest BCUT2D eigenvalue weighted by Crippen LogP contribution is 2.35. The van der Waals surface area contributed by atoms with Gasteiger partial charge in [-0.25, -0.2) is 14.6 Å². The summed E-state index contributed by atoms with van der Waals surface area (Å²) in [6, 6.07) is 17.7. The predicted molar refractivity (Wildman–Crippen MR) is 144 cm³/mol. The van der Waals surface area contributed by atoms with Crippen molar-refractivity contribution in [3.63, 3.8) is 0 Å². The molecule has 1 atom stereocenters. The lowest BCUT2D eigenvalue weighted by atomic mass is 10.1. The zero-order valence-electron chi connectivity index (χ0n) is 20.9. The third-order valence-corrected chi connectivity index (χ3v) is 6.87. The largest absolute Gasteiger partial charge is 0.457 e. The molecule has 6 rings (SSSR count). The highest BCUT2D eigenvalue weighted by Gasteiger charge is 2.30. The summed E-state index contributed by atoms with van der Waals surface area (Å²) < 4.78 is 13.0. The maximum atomic E-state index is 12.8. The first-order chi connectivity index (χ1) is 18.7. The number of aromatic nitrogens is 4. The zero-order chi connectivity index (χ0) is 25.9. The van der Waals surface area contributed by atoms with Gasteiger partial charge in [-0.15, -0.1) is 0 Å². The van der Waals surface area contributed by atoms with Crippen molar-refractivity contribution in [3.05, 3.63) is 73.1 Å². The zero-order valence-corrected chi connectivity index (χ0v) is 20.9. The van der Waals surface area contributed by atoms with Crippen LogP contribution in [0, 0.1) is 0 Å². The molecule has 0 saturated carbocycles. The number of likely N-dealkylation sites (tertiary alicyclic amines) is 1. The van der Waals surface area contributed by atoms with Gasteiger partial charge in [-0.2, -0.15) is 5.10 Å². The monoisotopic (exact) mass is 511 g/mol. The Morgan fingerprint density at radius 2 is 1.89 bits per heavy atom. The number of rotatable bonds is 8. The van der Waals surface area contributed by atoms with E-state index in [2.05, 4.69) is 15.3 Å². The first-order valence-corrected chi connectivity index (χ1v) is 12.7. The molecule has 4 aromatic rings. The summed E-state index contributed by atoms with van der Waals surface area (Å²) in [5.41, 5.74) is 8.56. The SMILES string of the molecule is Nc1ncnc2c1c(-c1ccc(Oc3ccccc3)cc1)nn2C1CCN(C(=O)C=CCNC2COC2)C1. The van der Waals surface area contributed by atoms with E-state index in [1.165, 1.54) is 6.33 Å². The minimum atomic E-state index is -0.0103. The van der Waals surface area contributed by atoms with E-state index >= 15 is 0 Å². The van der Waals surface area contributed by atoms with E-state index in [0.717, 1.165) is 36.7 Å². The summed E-state index contributed by atoms with van der Waals surface area (Å²) >= 11 is 0. The molecule has 4 heterocycles. The van der Waals surface area contributed by atoms with E-state index in [1.807, 2.05) is 70.3 Å². The van der Waals surface area contributed by atoms with E-state index in [4.69, 9.17) is 20.3 Å². The van der Waals surface area contributed by atoms with Gasteiger partial charge in [-0.3, -0.25) is 4.79 Å². The topological polar surface area (TPSA) is 120 Å².